The Hall–Kier alpha value is -2.05. The van der Waals surface area contributed by atoms with E-state index >= 15 is 0 Å². The van der Waals surface area contributed by atoms with Gasteiger partial charge in [0.2, 0.25) is 5.90 Å². The number of hydrazone groups is 1. The molecule has 1 atom stereocenters. The van der Waals surface area contributed by atoms with Crippen LogP contribution in [0.5, 0.6) is 11.5 Å². The van der Waals surface area contributed by atoms with E-state index in [9.17, 15) is 4.79 Å². The molecule has 1 N–H and O–H groups in total. The third-order valence-corrected chi connectivity index (χ3v) is 4.15. The Morgan fingerprint density at radius 3 is 2.92 bits per heavy atom. The van der Waals surface area contributed by atoms with E-state index in [0.717, 1.165) is 10.0 Å². The van der Waals surface area contributed by atoms with E-state index in [1.165, 1.54) is 0 Å². The molecular weight excluding hydrogens is 396 g/mol. The van der Waals surface area contributed by atoms with Crippen LogP contribution in [0.15, 0.2) is 52.0 Å². The fourth-order valence-electron chi connectivity index (χ4n) is 2.14. The average Bonchev–Trinajstić information content (AvgIpc) is 2.54. The van der Waals surface area contributed by atoms with Crippen molar-refractivity contribution in [1.29, 1.82) is 0 Å². The van der Waals surface area contributed by atoms with Crippen LogP contribution in [0.3, 0.4) is 0 Å². The molecule has 5 nitrogen and oxygen atoms in total. The molecule has 0 aliphatic carbocycles. The van der Waals surface area contributed by atoms with Gasteiger partial charge in [-0.3, -0.25) is 4.79 Å². The Labute approximate surface area is 152 Å². The van der Waals surface area contributed by atoms with Gasteiger partial charge in [0.15, 0.2) is 6.10 Å². The smallest absolute Gasteiger partial charge is 0.280 e. The van der Waals surface area contributed by atoms with Crippen molar-refractivity contribution < 1.29 is 14.3 Å². The average molecular weight is 410 g/mol. The lowest BCUT2D eigenvalue weighted by atomic mass is 10.1. The largest absolute Gasteiger partial charge is 0.466 e. The molecule has 3 rings (SSSR count). The molecule has 0 spiro atoms. The van der Waals surface area contributed by atoms with Crippen molar-refractivity contribution in [2.45, 2.75) is 19.4 Å². The minimum atomic E-state index is -0.554. The lowest BCUT2D eigenvalue weighted by Gasteiger charge is -2.19. The Balaban J connectivity index is 1.78. The lowest BCUT2D eigenvalue weighted by molar-refractivity contribution is -0.129. The number of carbonyl (C=O) groups excluding carboxylic acids is 1. The molecule has 124 valence electrons. The Kier molecular flexibility index (Phi) is 5.06. The van der Waals surface area contributed by atoms with Gasteiger partial charge in [-0.05, 0) is 42.8 Å². The molecule has 1 unspecified atom stereocenters. The normalized spacial score (nSPS) is 16.9. The fraction of sp³-hybridized carbons (Fsp3) is 0.176. The molecule has 0 aromatic heterocycles. The molecule has 24 heavy (non-hydrogen) atoms. The molecule has 2 aromatic carbocycles. The van der Waals surface area contributed by atoms with Crippen LogP contribution in [0.25, 0.3) is 0 Å². The van der Waals surface area contributed by atoms with Crippen molar-refractivity contribution in [2.24, 2.45) is 5.10 Å². The molecule has 7 heteroatoms. The fourth-order valence-corrected chi connectivity index (χ4v) is 2.68. The summed E-state index contributed by atoms with van der Waals surface area (Å²) < 4.78 is 12.2. The number of benzene rings is 2. The van der Waals surface area contributed by atoms with Crippen molar-refractivity contribution >= 4 is 39.3 Å². The lowest BCUT2D eigenvalue weighted by Crippen LogP contribution is -2.39. The topological polar surface area (TPSA) is 59.9 Å². The third kappa shape index (κ3) is 4.07. The molecule has 0 radical (unpaired) electrons. The number of hydrogen-bond acceptors (Lipinski definition) is 4. The first-order chi connectivity index (χ1) is 11.5. The number of carbonyl (C=O) groups is 1. The summed E-state index contributed by atoms with van der Waals surface area (Å²) in [6.07, 6.45) is -0.126. The zero-order valence-corrected chi connectivity index (χ0v) is 15.1. The van der Waals surface area contributed by atoms with Crippen LogP contribution in [0.1, 0.15) is 12.5 Å². The van der Waals surface area contributed by atoms with Gasteiger partial charge in [-0.25, -0.2) is 5.43 Å². The van der Waals surface area contributed by atoms with Crippen LogP contribution in [0.2, 0.25) is 5.02 Å². The van der Waals surface area contributed by atoms with Crippen LogP contribution in [0, 0.1) is 0 Å². The number of nitrogens with one attached hydrogen (secondary N) is 1. The highest BCUT2D eigenvalue weighted by atomic mass is 79.9. The molecule has 0 saturated carbocycles. The van der Waals surface area contributed by atoms with Crippen molar-refractivity contribution in [3.05, 3.63) is 57.5 Å². The second-order valence-electron chi connectivity index (χ2n) is 5.24. The molecule has 2 aromatic rings. The molecular formula is C17H14BrClN2O3. The summed E-state index contributed by atoms with van der Waals surface area (Å²) in [5.41, 5.74) is 3.34. The summed E-state index contributed by atoms with van der Waals surface area (Å²) in [4.78, 5) is 11.3. The SMILES string of the molecule is CC1OC(Cc2ccc(Cl)c(Oc3cccc(Br)c3)c2)=NNC1=O. The molecule has 1 heterocycles. The monoisotopic (exact) mass is 408 g/mol. The number of hydrogen-bond donors (Lipinski definition) is 1. The highest BCUT2D eigenvalue weighted by molar-refractivity contribution is 9.10. The summed E-state index contributed by atoms with van der Waals surface area (Å²) in [6, 6.07) is 13.0. The molecule has 1 aliphatic rings. The van der Waals surface area contributed by atoms with Crippen molar-refractivity contribution in [3.63, 3.8) is 0 Å². The van der Waals surface area contributed by atoms with Gasteiger partial charge < -0.3 is 9.47 Å². The third-order valence-electron chi connectivity index (χ3n) is 3.35. The predicted octanol–water partition coefficient (Wildman–Crippen LogP) is 4.29. The Morgan fingerprint density at radius 2 is 2.17 bits per heavy atom. The number of halogens is 2. The van der Waals surface area contributed by atoms with Gasteiger partial charge in [0, 0.05) is 4.47 Å². The van der Waals surface area contributed by atoms with Crippen LogP contribution in [-0.2, 0) is 16.0 Å². The van der Waals surface area contributed by atoms with Gasteiger partial charge in [0.1, 0.15) is 11.5 Å². The van der Waals surface area contributed by atoms with Gasteiger partial charge in [0.25, 0.3) is 5.91 Å². The first kappa shape index (κ1) is 16.8. The van der Waals surface area contributed by atoms with Gasteiger partial charge in [0.05, 0.1) is 11.4 Å². The van der Waals surface area contributed by atoms with Crippen LogP contribution < -0.4 is 10.2 Å². The molecule has 0 saturated heterocycles. The number of ether oxygens (including phenoxy) is 2. The molecule has 0 fully saturated rings. The summed E-state index contributed by atoms with van der Waals surface area (Å²) in [6.45, 7) is 1.67. The van der Waals surface area contributed by atoms with Gasteiger partial charge in [-0.2, -0.15) is 0 Å². The van der Waals surface area contributed by atoms with Crippen LogP contribution in [-0.4, -0.2) is 17.9 Å². The number of amides is 1. The van der Waals surface area contributed by atoms with E-state index in [2.05, 4.69) is 26.5 Å². The van der Waals surface area contributed by atoms with E-state index in [-0.39, 0.29) is 5.91 Å². The van der Waals surface area contributed by atoms with Gasteiger partial charge in [-0.15, -0.1) is 5.10 Å². The minimum absolute atomic E-state index is 0.256. The number of nitrogens with zero attached hydrogens (tertiary/aromatic N) is 1. The predicted molar refractivity (Wildman–Crippen MR) is 95.5 cm³/mol. The van der Waals surface area contributed by atoms with Gasteiger partial charge >= 0.3 is 0 Å². The first-order valence-electron chi connectivity index (χ1n) is 7.26. The molecule has 0 bridgehead atoms. The molecule has 1 aliphatic heterocycles. The van der Waals surface area contributed by atoms with Crippen molar-refractivity contribution in [2.75, 3.05) is 0 Å². The maximum Gasteiger partial charge on any atom is 0.280 e. The molecule has 1 amide bonds. The second-order valence-corrected chi connectivity index (χ2v) is 6.57. The standard InChI is InChI=1S/C17H14BrClN2O3/c1-10-17(22)21-20-16(23-10)8-11-5-6-14(19)15(7-11)24-13-4-2-3-12(18)9-13/h2-7,9-10H,8H2,1H3,(H,21,22). The Morgan fingerprint density at radius 1 is 1.33 bits per heavy atom. The van der Waals surface area contributed by atoms with Crippen LogP contribution >= 0.6 is 27.5 Å². The van der Waals surface area contributed by atoms with Crippen LogP contribution in [0.4, 0.5) is 0 Å². The van der Waals surface area contributed by atoms with E-state index in [1.54, 1.807) is 13.0 Å². The van der Waals surface area contributed by atoms with Crippen molar-refractivity contribution in [1.82, 2.24) is 5.43 Å². The number of rotatable bonds is 4. The van der Waals surface area contributed by atoms with E-state index < -0.39 is 6.10 Å². The summed E-state index contributed by atoms with van der Waals surface area (Å²) >= 11 is 9.62. The van der Waals surface area contributed by atoms with Crippen molar-refractivity contribution in [3.8, 4) is 11.5 Å². The summed E-state index contributed by atoms with van der Waals surface area (Å²) in [5, 5.41) is 4.43. The van der Waals surface area contributed by atoms with Gasteiger partial charge in [-0.1, -0.05) is 39.7 Å². The second kappa shape index (κ2) is 7.23. The quantitative estimate of drug-likeness (QED) is 0.819. The highest BCUT2D eigenvalue weighted by Gasteiger charge is 2.21. The maximum absolute atomic E-state index is 11.3. The zero-order chi connectivity index (χ0) is 17.1. The first-order valence-corrected chi connectivity index (χ1v) is 8.43. The minimum Gasteiger partial charge on any atom is -0.466 e. The summed E-state index contributed by atoms with van der Waals surface area (Å²) in [7, 11) is 0. The summed E-state index contributed by atoms with van der Waals surface area (Å²) in [5.74, 6) is 1.41. The highest BCUT2D eigenvalue weighted by Crippen LogP contribution is 2.31. The van der Waals surface area contributed by atoms with E-state index in [4.69, 9.17) is 21.1 Å². The van der Waals surface area contributed by atoms with E-state index in [1.807, 2.05) is 36.4 Å². The zero-order valence-electron chi connectivity index (χ0n) is 12.8. The Bertz CT molecular complexity index is 810. The van der Waals surface area contributed by atoms with E-state index in [0.29, 0.717) is 28.8 Å². The maximum atomic E-state index is 11.3.